The molecule has 0 fully saturated rings. The molecule has 0 unspecified atom stereocenters. The molecular formula is C13H12OS. The molecule has 0 aliphatic heterocycles. The highest BCUT2D eigenvalue weighted by Gasteiger charge is 2.05. The number of hydrogen-bond donors (Lipinski definition) is 0. The third kappa shape index (κ3) is 2.28. The standard InChI is InChI=1S/C13H12OS/c1-2-9-14-12-7-4-3-6-11(12)13-8-5-10-15-13/h2-8,10H,1,9H2. The van der Waals surface area contributed by atoms with Crippen molar-refractivity contribution >= 4 is 11.3 Å². The van der Waals surface area contributed by atoms with Gasteiger partial charge in [-0.05, 0) is 23.6 Å². The van der Waals surface area contributed by atoms with Crippen molar-refractivity contribution in [2.75, 3.05) is 6.61 Å². The summed E-state index contributed by atoms with van der Waals surface area (Å²) in [5.74, 6) is 0.917. The second-order valence-electron chi connectivity index (χ2n) is 3.07. The van der Waals surface area contributed by atoms with Crippen LogP contribution in [0.4, 0.5) is 0 Å². The molecule has 0 bridgehead atoms. The smallest absolute Gasteiger partial charge is 0.128 e. The van der Waals surface area contributed by atoms with E-state index in [1.165, 1.54) is 4.88 Å². The van der Waals surface area contributed by atoms with Gasteiger partial charge in [0.2, 0.25) is 0 Å². The molecule has 0 radical (unpaired) electrons. The molecule has 1 nitrogen and oxygen atoms in total. The average Bonchev–Trinajstić information content (AvgIpc) is 2.80. The number of ether oxygens (including phenoxy) is 1. The molecule has 0 saturated carbocycles. The Morgan fingerprint density at radius 2 is 2.07 bits per heavy atom. The lowest BCUT2D eigenvalue weighted by Crippen LogP contribution is -1.93. The van der Waals surface area contributed by atoms with E-state index < -0.39 is 0 Å². The highest BCUT2D eigenvalue weighted by Crippen LogP contribution is 2.32. The number of benzene rings is 1. The number of hydrogen-bond acceptors (Lipinski definition) is 2. The predicted molar refractivity (Wildman–Crippen MR) is 65.4 cm³/mol. The molecule has 0 N–H and O–H groups in total. The zero-order valence-corrected chi connectivity index (χ0v) is 9.17. The van der Waals surface area contributed by atoms with Crippen molar-refractivity contribution in [3.05, 3.63) is 54.4 Å². The molecule has 0 spiro atoms. The highest BCUT2D eigenvalue weighted by atomic mass is 32.1. The first-order valence-electron chi connectivity index (χ1n) is 4.78. The lowest BCUT2D eigenvalue weighted by molar-refractivity contribution is 0.365. The van der Waals surface area contributed by atoms with E-state index in [2.05, 4.69) is 24.1 Å². The van der Waals surface area contributed by atoms with E-state index in [0.717, 1.165) is 11.3 Å². The van der Waals surface area contributed by atoms with Crippen LogP contribution in [-0.4, -0.2) is 6.61 Å². The summed E-state index contributed by atoms with van der Waals surface area (Å²) in [5, 5.41) is 2.07. The van der Waals surface area contributed by atoms with Gasteiger partial charge >= 0.3 is 0 Å². The first-order valence-corrected chi connectivity index (χ1v) is 5.66. The van der Waals surface area contributed by atoms with E-state index in [1.54, 1.807) is 17.4 Å². The zero-order valence-electron chi connectivity index (χ0n) is 8.35. The Labute approximate surface area is 93.6 Å². The van der Waals surface area contributed by atoms with Crippen molar-refractivity contribution in [3.63, 3.8) is 0 Å². The zero-order chi connectivity index (χ0) is 10.5. The van der Waals surface area contributed by atoms with Crippen molar-refractivity contribution in [1.29, 1.82) is 0 Å². The van der Waals surface area contributed by atoms with Crippen molar-refractivity contribution in [2.45, 2.75) is 0 Å². The maximum atomic E-state index is 5.60. The summed E-state index contributed by atoms with van der Waals surface area (Å²) in [5.41, 5.74) is 1.15. The van der Waals surface area contributed by atoms with Gasteiger partial charge in [-0.25, -0.2) is 0 Å². The second kappa shape index (κ2) is 4.80. The van der Waals surface area contributed by atoms with Gasteiger partial charge in [-0.3, -0.25) is 0 Å². The fourth-order valence-electron chi connectivity index (χ4n) is 1.38. The quantitative estimate of drug-likeness (QED) is 0.702. The lowest BCUT2D eigenvalue weighted by atomic mass is 10.1. The van der Waals surface area contributed by atoms with Gasteiger partial charge in [-0.1, -0.05) is 30.9 Å². The van der Waals surface area contributed by atoms with Gasteiger partial charge in [0.1, 0.15) is 12.4 Å². The summed E-state index contributed by atoms with van der Waals surface area (Å²) in [6.45, 7) is 4.19. The molecule has 0 aliphatic rings. The molecule has 1 heterocycles. The van der Waals surface area contributed by atoms with Crippen LogP contribution in [0, 0.1) is 0 Å². The van der Waals surface area contributed by atoms with E-state index in [-0.39, 0.29) is 0 Å². The second-order valence-corrected chi connectivity index (χ2v) is 4.02. The van der Waals surface area contributed by atoms with Crippen molar-refractivity contribution in [1.82, 2.24) is 0 Å². The van der Waals surface area contributed by atoms with Crippen LogP contribution in [0.3, 0.4) is 0 Å². The monoisotopic (exact) mass is 216 g/mol. The summed E-state index contributed by atoms with van der Waals surface area (Å²) in [4.78, 5) is 1.23. The Kier molecular flexibility index (Phi) is 3.20. The Morgan fingerprint density at radius 1 is 1.20 bits per heavy atom. The lowest BCUT2D eigenvalue weighted by Gasteiger charge is -2.07. The SMILES string of the molecule is C=CCOc1ccccc1-c1cccs1. The number of thiophene rings is 1. The topological polar surface area (TPSA) is 9.23 Å². The molecular weight excluding hydrogens is 204 g/mol. The predicted octanol–water partition coefficient (Wildman–Crippen LogP) is 3.98. The molecule has 0 amide bonds. The Morgan fingerprint density at radius 3 is 2.80 bits per heavy atom. The molecule has 76 valence electrons. The van der Waals surface area contributed by atoms with Gasteiger partial charge in [-0.15, -0.1) is 11.3 Å². The van der Waals surface area contributed by atoms with Crippen LogP contribution in [0.15, 0.2) is 54.4 Å². The van der Waals surface area contributed by atoms with Crippen molar-refractivity contribution in [2.24, 2.45) is 0 Å². The molecule has 15 heavy (non-hydrogen) atoms. The Hall–Kier alpha value is -1.54. The van der Waals surface area contributed by atoms with Gasteiger partial charge in [-0.2, -0.15) is 0 Å². The molecule has 0 saturated heterocycles. The molecule has 0 atom stereocenters. The maximum absolute atomic E-state index is 5.60. The van der Waals surface area contributed by atoms with Crippen LogP contribution in [-0.2, 0) is 0 Å². The summed E-state index contributed by atoms with van der Waals surface area (Å²) in [7, 11) is 0. The van der Waals surface area contributed by atoms with E-state index in [9.17, 15) is 0 Å². The first-order chi connectivity index (χ1) is 7.42. The van der Waals surface area contributed by atoms with E-state index >= 15 is 0 Å². The third-order valence-corrected chi connectivity index (χ3v) is 2.93. The molecule has 0 aliphatic carbocycles. The number of rotatable bonds is 4. The van der Waals surface area contributed by atoms with Crippen LogP contribution in [0.2, 0.25) is 0 Å². The summed E-state index contributed by atoms with van der Waals surface area (Å²) in [6.07, 6.45) is 1.76. The van der Waals surface area contributed by atoms with E-state index in [0.29, 0.717) is 6.61 Å². The fourth-order valence-corrected chi connectivity index (χ4v) is 2.13. The van der Waals surface area contributed by atoms with Gasteiger partial charge < -0.3 is 4.74 Å². The molecule has 1 aromatic carbocycles. The molecule has 2 heteroatoms. The third-order valence-electron chi connectivity index (χ3n) is 2.03. The molecule has 1 aromatic heterocycles. The summed E-state index contributed by atoms with van der Waals surface area (Å²) >= 11 is 1.72. The van der Waals surface area contributed by atoms with Crippen molar-refractivity contribution in [3.8, 4) is 16.2 Å². The van der Waals surface area contributed by atoms with Crippen LogP contribution in [0.5, 0.6) is 5.75 Å². The van der Waals surface area contributed by atoms with Gasteiger partial charge in [0, 0.05) is 10.4 Å². The largest absolute Gasteiger partial charge is 0.489 e. The summed E-state index contributed by atoms with van der Waals surface area (Å²) in [6, 6.07) is 12.2. The van der Waals surface area contributed by atoms with E-state index in [4.69, 9.17) is 4.74 Å². The Balaban J connectivity index is 2.34. The minimum atomic E-state index is 0.544. The van der Waals surface area contributed by atoms with Gasteiger partial charge in [0.15, 0.2) is 0 Å². The molecule has 2 rings (SSSR count). The highest BCUT2D eigenvalue weighted by molar-refractivity contribution is 7.13. The van der Waals surface area contributed by atoms with Crippen LogP contribution >= 0.6 is 11.3 Å². The van der Waals surface area contributed by atoms with Crippen molar-refractivity contribution < 1.29 is 4.74 Å². The minimum Gasteiger partial charge on any atom is -0.489 e. The van der Waals surface area contributed by atoms with Gasteiger partial charge in [0.05, 0.1) is 0 Å². The summed E-state index contributed by atoms with van der Waals surface area (Å²) < 4.78 is 5.60. The normalized spacial score (nSPS) is 9.87. The van der Waals surface area contributed by atoms with Gasteiger partial charge in [0.25, 0.3) is 0 Å². The minimum absolute atomic E-state index is 0.544. The average molecular weight is 216 g/mol. The van der Waals surface area contributed by atoms with Crippen LogP contribution in [0.1, 0.15) is 0 Å². The Bertz CT molecular complexity index is 432. The van der Waals surface area contributed by atoms with E-state index in [1.807, 2.05) is 24.3 Å². The van der Waals surface area contributed by atoms with Crippen LogP contribution in [0.25, 0.3) is 10.4 Å². The van der Waals surface area contributed by atoms with Crippen LogP contribution < -0.4 is 4.74 Å². The first kappa shape index (κ1) is 9.99. The number of para-hydroxylation sites is 1. The molecule has 2 aromatic rings. The maximum Gasteiger partial charge on any atom is 0.128 e. The fraction of sp³-hybridized carbons (Fsp3) is 0.0769.